The normalized spacial score (nSPS) is 39.8. The second-order valence-corrected chi connectivity index (χ2v) is 2.48. The number of hydrogen-bond donors (Lipinski definition) is 1. The third-order valence-electron chi connectivity index (χ3n) is 1.56. The van der Waals surface area contributed by atoms with Crippen molar-refractivity contribution in [2.45, 2.75) is 32.0 Å². The van der Waals surface area contributed by atoms with Crippen molar-refractivity contribution in [2.24, 2.45) is 0 Å². The molecule has 1 saturated heterocycles. The molecule has 0 aromatic carbocycles. The predicted molar refractivity (Wildman–Crippen MR) is 31.6 cm³/mol. The van der Waals surface area contributed by atoms with Crippen LogP contribution in [0.4, 0.5) is 4.39 Å². The van der Waals surface area contributed by atoms with Crippen LogP contribution in [0.3, 0.4) is 0 Å². The maximum absolute atomic E-state index is 12.4. The summed E-state index contributed by atoms with van der Waals surface area (Å²) in [6.07, 6.45) is 0.843. The Hall–Kier alpha value is -0.110. The first kappa shape index (κ1) is 6.02. The first-order valence-electron chi connectivity index (χ1n) is 3.16. The molecule has 0 spiro atoms. The summed E-state index contributed by atoms with van der Waals surface area (Å²) in [7, 11) is 0. The highest BCUT2D eigenvalue weighted by molar-refractivity contribution is 4.73. The second kappa shape index (κ2) is 2.44. The summed E-state index contributed by atoms with van der Waals surface area (Å²) in [5.74, 6) is 0. The van der Waals surface area contributed by atoms with Gasteiger partial charge in [-0.15, -0.1) is 0 Å². The third kappa shape index (κ3) is 1.44. The summed E-state index contributed by atoms with van der Waals surface area (Å²) in [4.78, 5) is 0. The fourth-order valence-electron chi connectivity index (χ4n) is 1.07. The van der Waals surface area contributed by atoms with E-state index in [1.807, 2.05) is 6.92 Å². The van der Waals surface area contributed by atoms with E-state index in [2.05, 4.69) is 5.32 Å². The monoisotopic (exact) mass is 117 g/mol. The molecule has 0 aromatic rings. The molecule has 1 rings (SSSR count). The Kier molecular flexibility index (Phi) is 1.84. The van der Waals surface area contributed by atoms with Crippen LogP contribution in [0, 0.1) is 0 Å². The lowest BCUT2D eigenvalue weighted by Crippen LogP contribution is -2.36. The fraction of sp³-hybridized carbons (Fsp3) is 1.00. The Balaban J connectivity index is 2.23. The lowest BCUT2D eigenvalue weighted by molar-refractivity contribution is 0.230. The molecule has 0 radical (unpaired) electrons. The average molecular weight is 117 g/mol. The molecule has 1 aliphatic rings. The van der Waals surface area contributed by atoms with Crippen molar-refractivity contribution in [3.8, 4) is 0 Å². The van der Waals surface area contributed by atoms with Crippen LogP contribution in [-0.4, -0.2) is 18.8 Å². The van der Waals surface area contributed by atoms with Crippen molar-refractivity contribution in [1.82, 2.24) is 5.32 Å². The van der Waals surface area contributed by atoms with Crippen LogP contribution < -0.4 is 5.32 Å². The summed E-state index contributed by atoms with van der Waals surface area (Å²) in [5, 5.41) is 3.17. The molecule has 1 N–H and O–H groups in total. The van der Waals surface area contributed by atoms with E-state index in [0.29, 0.717) is 18.9 Å². The minimum Gasteiger partial charge on any atom is -0.314 e. The van der Waals surface area contributed by atoms with Gasteiger partial charge >= 0.3 is 0 Å². The van der Waals surface area contributed by atoms with E-state index in [4.69, 9.17) is 0 Å². The predicted octanol–water partition coefficient (Wildman–Crippen LogP) is 1.10. The van der Waals surface area contributed by atoms with Crippen molar-refractivity contribution in [3.63, 3.8) is 0 Å². The van der Waals surface area contributed by atoms with Crippen molar-refractivity contribution in [1.29, 1.82) is 0 Å². The lowest BCUT2D eigenvalue weighted by atomic mass is 10.1. The van der Waals surface area contributed by atoms with E-state index in [1.54, 1.807) is 0 Å². The maximum Gasteiger partial charge on any atom is 0.103 e. The van der Waals surface area contributed by atoms with E-state index in [9.17, 15) is 4.39 Å². The van der Waals surface area contributed by atoms with Gasteiger partial charge in [0, 0.05) is 6.04 Å². The molecule has 48 valence electrons. The van der Waals surface area contributed by atoms with E-state index in [0.717, 1.165) is 6.54 Å². The molecular weight excluding hydrogens is 105 g/mol. The van der Waals surface area contributed by atoms with Gasteiger partial charge in [-0.2, -0.15) is 0 Å². The molecule has 1 fully saturated rings. The number of rotatable bonds is 0. The number of hydrogen-bond acceptors (Lipinski definition) is 1. The number of halogens is 1. The topological polar surface area (TPSA) is 12.0 Å². The van der Waals surface area contributed by atoms with Crippen molar-refractivity contribution in [3.05, 3.63) is 0 Å². The number of alkyl halides is 1. The Morgan fingerprint density at radius 1 is 1.62 bits per heavy atom. The minimum atomic E-state index is -0.550. The van der Waals surface area contributed by atoms with E-state index < -0.39 is 6.17 Å². The molecular formula is C6H12FN. The van der Waals surface area contributed by atoms with Gasteiger partial charge in [0.1, 0.15) is 6.17 Å². The van der Waals surface area contributed by atoms with Crippen LogP contribution >= 0.6 is 0 Å². The quantitative estimate of drug-likeness (QED) is 0.501. The van der Waals surface area contributed by atoms with Crippen molar-refractivity contribution in [2.75, 3.05) is 6.54 Å². The fourth-order valence-corrected chi connectivity index (χ4v) is 1.07. The molecule has 1 nitrogen and oxygen atoms in total. The van der Waals surface area contributed by atoms with Crippen LogP contribution in [0.25, 0.3) is 0 Å². The molecule has 2 atom stereocenters. The molecule has 1 aliphatic heterocycles. The summed E-state index contributed by atoms with van der Waals surface area (Å²) in [6, 6.07) is 0.388. The van der Waals surface area contributed by atoms with Crippen LogP contribution in [0.2, 0.25) is 0 Å². The zero-order valence-electron chi connectivity index (χ0n) is 5.15. The highest BCUT2D eigenvalue weighted by Gasteiger charge is 2.15. The second-order valence-electron chi connectivity index (χ2n) is 2.48. The smallest absolute Gasteiger partial charge is 0.103 e. The van der Waals surface area contributed by atoms with E-state index >= 15 is 0 Å². The Morgan fingerprint density at radius 2 is 2.38 bits per heavy atom. The Morgan fingerprint density at radius 3 is 2.75 bits per heavy atom. The van der Waals surface area contributed by atoms with Gasteiger partial charge in [-0.3, -0.25) is 0 Å². The molecule has 1 heterocycles. The van der Waals surface area contributed by atoms with Gasteiger partial charge in [-0.25, -0.2) is 4.39 Å². The van der Waals surface area contributed by atoms with Crippen LogP contribution in [0.5, 0.6) is 0 Å². The van der Waals surface area contributed by atoms with Crippen LogP contribution in [0.15, 0.2) is 0 Å². The SMILES string of the molecule is CC1CC(F)CCN1. The molecule has 8 heavy (non-hydrogen) atoms. The molecule has 0 amide bonds. The first-order chi connectivity index (χ1) is 3.79. The van der Waals surface area contributed by atoms with Crippen molar-refractivity contribution < 1.29 is 4.39 Å². The van der Waals surface area contributed by atoms with Gasteiger partial charge in [-0.1, -0.05) is 0 Å². The van der Waals surface area contributed by atoms with E-state index in [-0.39, 0.29) is 0 Å². The summed E-state index contributed by atoms with van der Waals surface area (Å²) in [6.45, 7) is 2.87. The van der Waals surface area contributed by atoms with Gasteiger partial charge in [0.05, 0.1) is 0 Å². The highest BCUT2D eigenvalue weighted by Crippen LogP contribution is 2.10. The van der Waals surface area contributed by atoms with Gasteiger partial charge in [-0.05, 0) is 26.3 Å². The lowest BCUT2D eigenvalue weighted by Gasteiger charge is -2.22. The standard InChI is InChI=1S/C6H12FN/c1-5-4-6(7)2-3-8-5/h5-6,8H,2-4H2,1H3. The molecule has 0 bridgehead atoms. The first-order valence-corrected chi connectivity index (χ1v) is 3.16. The Labute approximate surface area is 49.3 Å². The molecule has 0 aliphatic carbocycles. The number of nitrogens with one attached hydrogen (secondary N) is 1. The molecule has 0 aromatic heterocycles. The van der Waals surface area contributed by atoms with Crippen LogP contribution in [0.1, 0.15) is 19.8 Å². The highest BCUT2D eigenvalue weighted by atomic mass is 19.1. The summed E-state index contributed by atoms with van der Waals surface area (Å²) >= 11 is 0. The van der Waals surface area contributed by atoms with Crippen LogP contribution in [-0.2, 0) is 0 Å². The average Bonchev–Trinajstić information content (AvgIpc) is 1.64. The third-order valence-corrected chi connectivity index (χ3v) is 1.56. The zero-order valence-corrected chi connectivity index (χ0v) is 5.15. The van der Waals surface area contributed by atoms with Crippen molar-refractivity contribution >= 4 is 0 Å². The molecule has 2 unspecified atom stereocenters. The largest absolute Gasteiger partial charge is 0.314 e. The van der Waals surface area contributed by atoms with E-state index in [1.165, 1.54) is 0 Å². The van der Waals surface area contributed by atoms with Gasteiger partial charge in [0.25, 0.3) is 0 Å². The maximum atomic E-state index is 12.4. The molecule has 2 heteroatoms. The van der Waals surface area contributed by atoms with Gasteiger partial charge < -0.3 is 5.32 Å². The summed E-state index contributed by atoms with van der Waals surface area (Å²) < 4.78 is 12.4. The minimum absolute atomic E-state index is 0.388. The molecule has 0 saturated carbocycles. The summed E-state index contributed by atoms with van der Waals surface area (Å²) in [5.41, 5.74) is 0. The Bertz CT molecular complexity index is 66.9. The number of piperidine rings is 1. The van der Waals surface area contributed by atoms with Gasteiger partial charge in [0.2, 0.25) is 0 Å². The van der Waals surface area contributed by atoms with Gasteiger partial charge in [0.15, 0.2) is 0 Å². The zero-order chi connectivity index (χ0) is 5.98.